The van der Waals surface area contributed by atoms with Crippen LogP contribution in [0, 0.1) is 11.3 Å². The van der Waals surface area contributed by atoms with Crippen molar-refractivity contribution in [3.63, 3.8) is 0 Å². The second-order valence-corrected chi connectivity index (χ2v) is 12.4. The average molecular weight is 596 g/mol. The SMILES string of the molecule is N#Cc1cncc(-c2cccc(-c3cc4c(c5ccccc35)-c3c(ccc5ccccc35)C43c4ccccc4-c4ccccc43)n2)c1. The Morgan fingerprint density at radius 1 is 0.489 bits per heavy atom. The number of aromatic nitrogens is 2. The molecule has 10 rings (SSSR count). The Bertz CT molecular complexity index is 2610. The molecule has 3 nitrogen and oxygen atoms in total. The quantitative estimate of drug-likeness (QED) is 0.200. The van der Waals surface area contributed by atoms with Crippen LogP contribution in [0.2, 0.25) is 0 Å². The smallest absolute Gasteiger partial charge is 0.101 e. The van der Waals surface area contributed by atoms with Crippen molar-refractivity contribution in [2.45, 2.75) is 5.41 Å². The van der Waals surface area contributed by atoms with Gasteiger partial charge in [0.25, 0.3) is 0 Å². The Morgan fingerprint density at radius 3 is 1.94 bits per heavy atom. The number of pyridine rings is 2. The highest BCUT2D eigenvalue weighted by Crippen LogP contribution is 2.65. The van der Waals surface area contributed by atoms with E-state index in [-0.39, 0.29) is 0 Å². The summed E-state index contributed by atoms with van der Waals surface area (Å²) in [5.41, 5.74) is 14.1. The molecule has 2 aliphatic carbocycles. The molecule has 0 fully saturated rings. The molecule has 6 aromatic carbocycles. The number of benzene rings is 6. The first-order valence-electron chi connectivity index (χ1n) is 15.9. The van der Waals surface area contributed by atoms with Gasteiger partial charge in [-0.25, -0.2) is 4.98 Å². The minimum Gasteiger partial charge on any atom is -0.263 e. The Morgan fingerprint density at radius 2 is 1.15 bits per heavy atom. The Balaban J connectivity index is 1.36. The van der Waals surface area contributed by atoms with E-state index in [1.807, 2.05) is 12.1 Å². The van der Waals surface area contributed by atoms with Crippen LogP contribution < -0.4 is 0 Å². The molecule has 0 saturated carbocycles. The van der Waals surface area contributed by atoms with Crippen LogP contribution in [0.15, 0.2) is 152 Å². The molecule has 2 aliphatic rings. The molecule has 0 amide bonds. The monoisotopic (exact) mass is 595 g/mol. The highest BCUT2D eigenvalue weighted by Gasteiger charge is 2.52. The van der Waals surface area contributed by atoms with E-state index in [0.717, 1.165) is 27.9 Å². The third-order valence-corrected chi connectivity index (χ3v) is 10.2. The van der Waals surface area contributed by atoms with Gasteiger partial charge in [0.05, 0.1) is 22.4 Å². The summed E-state index contributed by atoms with van der Waals surface area (Å²) in [5.74, 6) is 0. The summed E-state index contributed by atoms with van der Waals surface area (Å²) in [5, 5.41) is 14.4. The number of nitrogens with zero attached hydrogens (tertiary/aromatic N) is 3. The fourth-order valence-corrected chi connectivity index (χ4v) is 8.35. The molecule has 8 aromatic rings. The van der Waals surface area contributed by atoms with E-state index in [1.165, 1.54) is 60.7 Å². The number of hydrogen-bond acceptors (Lipinski definition) is 3. The van der Waals surface area contributed by atoms with E-state index < -0.39 is 5.41 Å². The van der Waals surface area contributed by atoms with Crippen LogP contribution in [0.25, 0.3) is 66.3 Å². The van der Waals surface area contributed by atoms with Crippen LogP contribution >= 0.6 is 0 Å². The number of fused-ring (bicyclic) bond motifs is 14. The molecule has 0 bridgehead atoms. The Hall–Kier alpha value is -6.37. The summed E-state index contributed by atoms with van der Waals surface area (Å²) in [6.45, 7) is 0. The van der Waals surface area contributed by atoms with Crippen LogP contribution in [-0.4, -0.2) is 9.97 Å². The molecule has 0 N–H and O–H groups in total. The predicted octanol–water partition coefficient (Wildman–Crippen LogP) is 10.3. The molecular weight excluding hydrogens is 571 g/mol. The summed E-state index contributed by atoms with van der Waals surface area (Å²) in [6.07, 6.45) is 3.36. The first kappa shape index (κ1) is 25.9. The van der Waals surface area contributed by atoms with Crippen LogP contribution in [-0.2, 0) is 5.41 Å². The zero-order valence-electron chi connectivity index (χ0n) is 25.3. The summed E-state index contributed by atoms with van der Waals surface area (Å²) in [6, 6.07) is 52.7. The first-order valence-corrected chi connectivity index (χ1v) is 15.9. The summed E-state index contributed by atoms with van der Waals surface area (Å²) < 4.78 is 0. The van der Waals surface area contributed by atoms with Gasteiger partial charge >= 0.3 is 0 Å². The van der Waals surface area contributed by atoms with E-state index >= 15 is 0 Å². The van der Waals surface area contributed by atoms with E-state index in [1.54, 1.807) is 12.4 Å². The first-order chi connectivity index (χ1) is 23.3. The van der Waals surface area contributed by atoms with Gasteiger partial charge in [0, 0.05) is 23.5 Å². The van der Waals surface area contributed by atoms with Gasteiger partial charge in [0.1, 0.15) is 6.07 Å². The summed E-state index contributed by atoms with van der Waals surface area (Å²) in [7, 11) is 0. The van der Waals surface area contributed by atoms with Gasteiger partial charge in [-0.2, -0.15) is 5.26 Å². The molecule has 0 unspecified atom stereocenters. The predicted molar refractivity (Wildman–Crippen MR) is 189 cm³/mol. The van der Waals surface area contributed by atoms with Crippen molar-refractivity contribution in [3.05, 3.63) is 180 Å². The minimum atomic E-state index is -0.483. The zero-order chi connectivity index (χ0) is 31.1. The standard InChI is InChI=1S/C44H25N3/c45-24-27-22-29(26-46-25-27)40-18-9-19-41(47-40)35-23-39-43(34-15-4-3-12-31(34)35)42-30-11-2-1-10-28(30)20-21-38(42)44(39)36-16-7-5-13-32(36)33-14-6-8-17-37(33)44/h1-23,25-26H. The van der Waals surface area contributed by atoms with Crippen LogP contribution in [0.3, 0.4) is 0 Å². The van der Waals surface area contributed by atoms with E-state index in [9.17, 15) is 5.26 Å². The van der Waals surface area contributed by atoms with Crippen LogP contribution in [0.1, 0.15) is 27.8 Å². The molecule has 2 aromatic heterocycles. The van der Waals surface area contributed by atoms with Gasteiger partial charge < -0.3 is 0 Å². The number of rotatable bonds is 2. The third kappa shape index (κ3) is 3.39. The molecule has 0 radical (unpaired) electrons. The second kappa shape index (κ2) is 9.57. The lowest BCUT2D eigenvalue weighted by Gasteiger charge is -2.31. The van der Waals surface area contributed by atoms with Gasteiger partial charge in [-0.15, -0.1) is 0 Å². The fraction of sp³-hybridized carbons (Fsp3) is 0.0227. The molecule has 216 valence electrons. The van der Waals surface area contributed by atoms with Crippen LogP contribution in [0.5, 0.6) is 0 Å². The number of nitriles is 1. The largest absolute Gasteiger partial charge is 0.263 e. The molecule has 47 heavy (non-hydrogen) atoms. The van der Waals surface area contributed by atoms with Crippen molar-refractivity contribution in [1.29, 1.82) is 5.26 Å². The summed E-state index contributed by atoms with van der Waals surface area (Å²) >= 11 is 0. The van der Waals surface area contributed by atoms with Crippen molar-refractivity contribution in [2.24, 2.45) is 0 Å². The van der Waals surface area contributed by atoms with Gasteiger partial charge in [-0.3, -0.25) is 4.98 Å². The van der Waals surface area contributed by atoms with E-state index in [4.69, 9.17) is 4.98 Å². The molecule has 1 spiro atoms. The molecule has 0 atom stereocenters. The third-order valence-electron chi connectivity index (χ3n) is 10.2. The lowest BCUT2D eigenvalue weighted by atomic mass is 9.70. The lowest BCUT2D eigenvalue weighted by molar-refractivity contribution is 0.795. The van der Waals surface area contributed by atoms with Gasteiger partial charge in [0.2, 0.25) is 0 Å². The lowest BCUT2D eigenvalue weighted by Crippen LogP contribution is -2.26. The van der Waals surface area contributed by atoms with Gasteiger partial charge in [0.15, 0.2) is 0 Å². The van der Waals surface area contributed by atoms with Gasteiger partial charge in [-0.1, -0.05) is 115 Å². The van der Waals surface area contributed by atoms with Crippen LogP contribution in [0.4, 0.5) is 0 Å². The Kier molecular flexibility index (Phi) is 5.27. The highest BCUT2D eigenvalue weighted by atomic mass is 14.7. The molecule has 0 saturated heterocycles. The van der Waals surface area contributed by atoms with Crippen molar-refractivity contribution < 1.29 is 0 Å². The minimum absolute atomic E-state index is 0.483. The second-order valence-electron chi connectivity index (χ2n) is 12.4. The maximum atomic E-state index is 9.52. The maximum Gasteiger partial charge on any atom is 0.101 e. The van der Waals surface area contributed by atoms with Gasteiger partial charge in [-0.05, 0) is 90.3 Å². The molecule has 3 heteroatoms. The topological polar surface area (TPSA) is 49.6 Å². The maximum absolute atomic E-state index is 9.52. The van der Waals surface area contributed by atoms with Crippen molar-refractivity contribution >= 4 is 21.5 Å². The Labute approximate surface area is 272 Å². The van der Waals surface area contributed by atoms with Crippen molar-refractivity contribution in [1.82, 2.24) is 9.97 Å². The molecule has 0 aliphatic heterocycles. The van der Waals surface area contributed by atoms with Crippen molar-refractivity contribution in [3.8, 4) is 50.8 Å². The molecule has 2 heterocycles. The van der Waals surface area contributed by atoms with Crippen molar-refractivity contribution in [2.75, 3.05) is 0 Å². The fourth-order valence-electron chi connectivity index (χ4n) is 8.35. The van der Waals surface area contributed by atoms with E-state index in [0.29, 0.717) is 5.56 Å². The molecular formula is C44H25N3. The highest BCUT2D eigenvalue weighted by molar-refractivity contribution is 6.16. The average Bonchev–Trinajstić information content (AvgIpc) is 3.62. The zero-order valence-corrected chi connectivity index (χ0v) is 25.3. The van der Waals surface area contributed by atoms with E-state index in [2.05, 4.69) is 138 Å². The number of hydrogen-bond donors (Lipinski definition) is 0. The normalized spacial score (nSPS) is 13.3. The summed E-state index contributed by atoms with van der Waals surface area (Å²) in [4.78, 5) is 9.53.